The van der Waals surface area contributed by atoms with Gasteiger partial charge in [0, 0.05) is 18.1 Å². The number of carbonyl (C=O) groups excluding carboxylic acids is 1. The molecule has 1 heterocycles. The molecule has 0 saturated heterocycles. The molecule has 162 valence electrons. The summed E-state index contributed by atoms with van der Waals surface area (Å²) in [5, 5.41) is 1.07. The van der Waals surface area contributed by atoms with Crippen molar-refractivity contribution in [1.82, 2.24) is 4.98 Å². The Bertz CT molecular complexity index is 1220. The van der Waals surface area contributed by atoms with Crippen molar-refractivity contribution in [1.29, 1.82) is 0 Å². The Morgan fingerprint density at radius 1 is 1.10 bits per heavy atom. The van der Waals surface area contributed by atoms with Gasteiger partial charge in [-0.2, -0.15) is 0 Å². The van der Waals surface area contributed by atoms with Crippen LogP contribution in [0.3, 0.4) is 0 Å². The lowest BCUT2D eigenvalue weighted by atomic mass is 10.0. The summed E-state index contributed by atoms with van der Waals surface area (Å²) in [5.41, 5.74) is 1.30. The summed E-state index contributed by atoms with van der Waals surface area (Å²) in [5.74, 6) is 1.02. The Balaban J connectivity index is 1.72. The second-order valence-corrected chi connectivity index (χ2v) is 10.6. The van der Waals surface area contributed by atoms with Gasteiger partial charge in [0.1, 0.15) is 5.82 Å². The van der Waals surface area contributed by atoms with Gasteiger partial charge >= 0.3 is 0 Å². The number of halogens is 1. The van der Waals surface area contributed by atoms with E-state index in [1.165, 1.54) is 37.8 Å². The van der Waals surface area contributed by atoms with E-state index in [-0.39, 0.29) is 15.8 Å². The molecule has 0 bridgehead atoms. The van der Waals surface area contributed by atoms with Crippen molar-refractivity contribution in [3.63, 3.8) is 0 Å². The van der Waals surface area contributed by atoms with Gasteiger partial charge in [-0.05, 0) is 48.7 Å². The molecule has 2 aromatic carbocycles. The minimum Gasteiger partial charge on any atom is -0.274 e. The number of aromatic nitrogens is 1. The monoisotopic (exact) mass is 456 g/mol. The van der Waals surface area contributed by atoms with Crippen molar-refractivity contribution < 1.29 is 13.2 Å². The Hall–Kier alpha value is -2.44. The van der Waals surface area contributed by atoms with Crippen molar-refractivity contribution >= 4 is 49.8 Å². The van der Waals surface area contributed by atoms with E-state index in [4.69, 9.17) is 16.6 Å². The highest BCUT2D eigenvalue weighted by Gasteiger charge is 2.24. The first-order valence-corrected chi connectivity index (χ1v) is 12.8. The molecule has 7 heteroatoms. The molecule has 1 aliphatic rings. The zero-order valence-electron chi connectivity index (χ0n) is 17.4. The first-order chi connectivity index (χ1) is 14.8. The molecule has 31 heavy (non-hydrogen) atoms. The van der Waals surface area contributed by atoms with E-state index >= 15 is 0 Å². The van der Waals surface area contributed by atoms with Crippen molar-refractivity contribution in [2.24, 2.45) is 5.92 Å². The number of fused-ring (bicyclic) bond motifs is 1. The Labute approximate surface area is 188 Å². The third-order valence-corrected chi connectivity index (χ3v) is 7.46. The fourth-order valence-corrected chi connectivity index (χ4v) is 5.58. The lowest BCUT2D eigenvalue weighted by Gasteiger charge is -2.23. The first-order valence-electron chi connectivity index (χ1n) is 10.5. The average Bonchev–Trinajstić information content (AvgIpc) is 3.25. The molecule has 0 N–H and O–H groups in total. The van der Waals surface area contributed by atoms with E-state index in [1.807, 2.05) is 36.4 Å². The number of nitrogens with zero attached hydrogens (tertiary/aromatic N) is 2. The quantitative estimate of drug-likeness (QED) is 0.461. The average molecular weight is 457 g/mol. The van der Waals surface area contributed by atoms with Crippen molar-refractivity contribution in [3.8, 4) is 0 Å². The normalized spacial score (nSPS) is 14.8. The van der Waals surface area contributed by atoms with Crippen LogP contribution in [0.25, 0.3) is 10.9 Å². The standard InChI is InChI=1S/C24H25ClN2O3S/c1-31(29,30)22-13-12-19(16-20(22)25)27(24(28)15-10-17-6-2-3-7-17)23-14-11-18-8-4-5-9-21(18)26-23/h4-5,8-9,11-14,16-17H,2-3,6-7,10,15H2,1H3. The maximum Gasteiger partial charge on any atom is 0.232 e. The molecule has 0 aliphatic heterocycles. The number of rotatable bonds is 6. The summed E-state index contributed by atoms with van der Waals surface area (Å²) in [7, 11) is -3.46. The molecule has 1 aliphatic carbocycles. The van der Waals surface area contributed by atoms with Crippen molar-refractivity contribution in [3.05, 3.63) is 59.6 Å². The van der Waals surface area contributed by atoms with Crippen LogP contribution in [-0.2, 0) is 14.6 Å². The molecule has 3 aromatic rings. The first kappa shape index (κ1) is 21.8. The van der Waals surface area contributed by atoms with Gasteiger partial charge in [-0.1, -0.05) is 55.5 Å². The summed E-state index contributed by atoms with van der Waals surface area (Å²) in [4.78, 5) is 19.7. The number of carbonyl (C=O) groups is 1. The van der Waals surface area contributed by atoms with E-state index in [1.54, 1.807) is 11.0 Å². The number of amides is 1. The number of anilines is 2. The summed E-state index contributed by atoms with van der Waals surface area (Å²) in [6.45, 7) is 0. The van der Waals surface area contributed by atoms with Crippen molar-refractivity contribution in [2.45, 2.75) is 43.4 Å². The lowest BCUT2D eigenvalue weighted by Crippen LogP contribution is -2.27. The van der Waals surface area contributed by atoms with Crippen LogP contribution in [0.4, 0.5) is 11.5 Å². The van der Waals surface area contributed by atoms with E-state index < -0.39 is 9.84 Å². The van der Waals surface area contributed by atoms with Gasteiger partial charge in [0.2, 0.25) is 5.91 Å². The lowest BCUT2D eigenvalue weighted by molar-refractivity contribution is -0.118. The number of sulfone groups is 1. The molecule has 1 aromatic heterocycles. The van der Waals surface area contributed by atoms with Crippen LogP contribution in [0.2, 0.25) is 5.02 Å². The third-order valence-electron chi connectivity index (χ3n) is 5.88. The molecule has 0 radical (unpaired) electrons. The molecule has 4 rings (SSSR count). The number of benzene rings is 2. The summed E-state index contributed by atoms with van der Waals surface area (Å²) in [6.07, 6.45) is 7.19. The topological polar surface area (TPSA) is 67.3 Å². The van der Waals surface area contributed by atoms with Crippen molar-refractivity contribution in [2.75, 3.05) is 11.2 Å². The van der Waals surface area contributed by atoms with E-state index in [0.717, 1.165) is 23.6 Å². The second kappa shape index (κ2) is 8.97. The molecule has 0 atom stereocenters. The Morgan fingerprint density at radius 3 is 2.55 bits per heavy atom. The zero-order chi connectivity index (χ0) is 22.0. The largest absolute Gasteiger partial charge is 0.274 e. The highest BCUT2D eigenvalue weighted by atomic mass is 35.5. The number of hydrogen-bond donors (Lipinski definition) is 0. The van der Waals surface area contributed by atoms with Crippen LogP contribution in [0.5, 0.6) is 0 Å². The maximum absolute atomic E-state index is 13.4. The fraction of sp³-hybridized carbons (Fsp3) is 0.333. The van der Waals surface area contributed by atoms with Gasteiger partial charge in [0.05, 0.1) is 21.1 Å². The number of pyridine rings is 1. The predicted molar refractivity (Wildman–Crippen MR) is 125 cm³/mol. The highest BCUT2D eigenvalue weighted by Crippen LogP contribution is 2.34. The molecular weight excluding hydrogens is 432 g/mol. The zero-order valence-corrected chi connectivity index (χ0v) is 19.0. The molecule has 5 nitrogen and oxygen atoms in total. The van der Waals surface area contributed by atoms with Crippen LogP contribution in [0.1, 0.15) is 38.5 Å². The summed E-state index contributed by atoms with van der Waals surface area (Å²) >= 11 is 6.29. The van der Waals surface area contributed by atoms with Crippen LogP contribution in [-0.4, -0.2) is 25.6 Å². The molecule has 0 unspecified atom stereocenters. The SMILES string of the molecule is CS(=O)(=O)c1ccc(N(C(=O)CCC2CCCC2)c2ccc3ccccc3n2)cc1Cl. The highest BCUT2D eigenvalue weighted by molar-refractivity contribution is 7.90. The molecule has 1 fully saturated rings. The van der Waals surface area contributed by atoms with Gasteiger partial charge in [-0.15, -0.1) is 0 Å². The third kappa shape index (κ3) is 4.91. The molecule has 0 spiro atoms. The van der Waals surface area contributed by atoms with Crippen LogP contribution in [0.15, 0.2) is 59.5 Å². The van der Waals surface area contributed by atoms with Crippen LogP contribution >= 0.6 is 11.6 Å². The molecular formula is C24H25ClN2O3S. The second-order valence-electron chi connectivity index (χ2n) is 8.17. The van der Waals surface area contributed by atoms with Crippen LogP contribution in [0, 0.1) is 5.92 Å². The summed E-state index contributed by atoms with van der Waals surface area (Å²) in [6, 6.07) is 16.1. The summed E-state index contributed by atoms with van der Waals surface area (Å²) < 4.78 is 23.9. The smallest absolute Gasteiger partial charge is 0.232 e. The molecule has 1 amide bonds. The van der Waals surface area contributed by atoms with E-state index in [0.29, 0.717) is 23.8 Å². The predicted octanol–water partition coefficient (Wildman–Crippen LogP) is 5.93. The number of para-hydroxylation sites is 1. The maximum atomic E-state index is 13.4. The van der Waals surface area contributed by atoms with Gasteiger partial charge in [0.25, 0.3) is 0 Å². The van der Waals surface area contributed by atoms with E-state index in [2.05, 4.69) is 0 Å². The fourth-order valence-electron chi connectivity index (χ4n) is 4.25. The minimum absolute atomic E-state index is 0.0442. The van der Waals surface area contributed by atoms with Gasteiger partial charge in [-0.3, -0.25) is 9.69 Å². The Morgan fingerprint density at radius 2 is 1.84 bits per heavy atom. The Kier molecular flexibility index (Phi) is 6.30. The van der Waals surface area contributed by atoms with Gasteiger partial charge in [-0.25, -0.2) is 13.4 Å². The van der Waals surface area contributed by atoms with E-state index in [9.17, 15) is 13.2 Å². The molecule has 1 saturated carbocycles. The number of hydrogen-bond acceptors (Lipinski definition) is 4. The minimum atomic E-state index is -3.46. The van der Waals surface area contributed by atoms with Crippen LogP contribution < -0.4 is 4.90 Å². The van der Waals surface area contributed by atoms with Gasteiger partial charge in [0.15, 0.2) is 9.84 Å². The van der Waals surface area contributed by atoms with Gasteiger partial charge < -0.3 is 0 Å².